The molecule has 2 aliphatic carbocycles. The van der Waals surface area contributed by atoms with Gasteiger partial charge in [-0.3, -0.25) is 9.78 Å². The summed E-state index contributed by atoms with van der Waals surface area (Å²) in [6.07, 6.45) is -0.339. The van der Waals surface area contributed by atoms with Gasteiger partial charge >= 0.3 is 12.7 Å². The molecule has 3 aromatic heterocycles. The highest BCUT2D eigenvalue weighted by Crippen LogP contribution is 2.52. The number of Topliss-reactive ketones (excluding diaryl/α,β-unsaturated/α-hetero) is 1. The van der Waals surface area contributed by atoms with Gasteiger partial charge in [0.2, 0.25) is 0 Å². The molecule has 1 aromatic carbocycles. The van der Waals surface area contributed by atoms with Crippen LogP contribution >= 0.6 is 0 Å². The number of aromatic nitrogens is 5. The maximum absolute atomic E-state index is 14.2. The van der Waals surface area contributed by atoms with Gasteiger partial charge in [-0.25, -0.2) is 22.2 Å². The van der Waals surface area contributed by atoms with Crippen LogP contribution in [0.1, 0.15) is 53.1 Å². The smallest absolute Gasteiger partial charge is 0.291 e. The summed E-state index contributed by atoms with van der Waals surface area (Å²) in [5, 5.41) is 6.03. The molecule has 0 aliphatic heterocycles. The van der Waals surface area contributed by atoms with Gasteiger partial charge in [0.25, 0.3) is 0 Å². The first-order chi connectivity index (χ1) is 20.3. The van der Waals surface area contributed by atoms with Crippen molar-refractivity contribution in [2.75, 3.05) is 0 Å². The Kier molecular flexibility index (Phi) is 6.82. The van der Waals surface area contributed by atoms with E-state index >= 15 is 0 Å². The summed E-state index contributed by atoms with van der Waals surface area (Å²) in [6, 6.07) is 7.81. The molecule has 224 valence electrons. The van der Waals surface area contributed by atoms with Crippen LogP contribution in [0.4, 0.5) is 26.3 Å². The second-order valence-corrected chi connectivity index (χ2v) is 12.6. The Balaban J connectivity index is 1.45. The second-order valence-electron chi connectivity index (χ2n) is 10.4. The SMILES string of the molecule is O=C(c1cc(C(F)(F)F)ccn1)[C@]12Cc3cnn(-c4ccc(F)cc4)c3C=C1CC[C@H](S(=O)(=O)c1ccn(C(F)F)n1)C2. The first kappa shape index (κ1) is 28.8. The van der Waals surface area contributed by atoms with Crippen LogP contribution in [-0.2, 0) is 22.4 Å². The first-order valence-electron chi connectivity index (χ1n) is 13.0. The summed E-state index contributed by atoms with van der Waals surface area (Å²) < 4.78 is 109. The van der Waals surface area contributed by atoms with Crippen LogP contribution in [0, 0.1) is 11.2 Å². The zero-order valence-electron chi connectivity index (χ0n) is 22.0. The first-order valence-corrected chi connectivity index (χ1v) is 14.5. The third kappa shape index (κ3) is 4.94. The number of ketones is 1. The molecule has 0 radical (unpaired) electrons. The molecule has 8 nitrogen and oxygen atoms in total. The lowest BCUT2D eigenvalue weighted by molar-refractivity contribution is -0.137. The number of halogens is 6. The number of carbonyl (C=O) groups is 1. The summed E-state index contributed by atoms with van der Waals surface area (Å²) >= 11 is 0. The van der Waals surface area contributed by atoms with Crippen molar-refractivity contribution in [3.8, 4) is 5.69 Å². The number of pyridine rings is 1. The van der Waals surface area contributed by atoms with Crippen LogP contribution in [0.15, 0.2) is 71.7 Å². The fraction of sp³-hybridized carbons (Fsp3) is 0.286. The average Bonchev–Trinajstić information content (AvgIpc) is 3.64. The minimum absolute atomic E-state index is 0.000767. The molecule has 2 atom stereocenters. The lowest BCUT2D eigenvalue weighted by Gasteiger charge is -2.43. The van der Waals surface area contributed by atoms with Crippen molar-refractivity contribution in [3.63, 3.8) is 0 Å². The molecular formula is C28H21F6N5O3S. The topological polar surface area (TPSA) is 99.7 Å². The highest BCUT2D eigenvalue weighted by molar-refractivity contribution is 7.92. The zero-order chi connectivity index (χ0) is 30.7. The predicted molar refractivity (Wildman–Crippen MR) is 140 cm³/mol. The molecule has 0 amide bonds. The van der Waals surface area contributed by atoms with E-state index < -0.39 is 61.1 Å². The van der Waals surface area contributed by atoms with Crippen molar-refractivity contribution in [1.29, 1.82) is 0 Å². The van der Waals surface area contributed by atoms with E-state index in [1.165, 1.54) is 35.1 Å². The summed E-state index contributed by atoms with van der Waals surface area (Å²) in [5.41, 5.74) is -1.16. The number of carbonyl (C=O) groups excluding carboxylic acids is 1. The van der Waals surface area contributed by atoms with E-state index in [1.807, 2.05) is 0 Å². The van der Waals surface area contributed by atoms with Crippen LogP contribution in [0.2, 0.25) is 0 Å². The predicted octanol–water partition coefficient (Wildman–Crippen LogP) is 5.85. The highest BCUT2D eigenvalue weighted by Gasteiger charge is 2.52. The van der Waals surface area contributed by atoms with Gasteiger partial charge in [-0.1, -0.05) is 5.57 Å². The number of hydrogen-bond acceptors (Lipinski definition) is 6. The van der Waals surface area contributed by atoms with Gasteiger partial charge in [-0.15, -0.1) is 0 Å². The van der Waals surface area contributed by atoms with E-state index in [4.69, 9.17) is 0 Å². The van der Waals surface area contributed by atoms with E-state index in [0.717, 1.165) is 24.5 Å². The van der Waals surface area contributed by atoms with Gasteiger partial charge in [0, 0.05) is 12.4 Å². The summed E-state index contributed by atoms with van der Waals surface area (Å²) in [6.45, 7) is -3.07. The molecular weight excluding hydrogens is 600 g/mol. The normalized spacial score (nSPS) is 20.4. The Labute approximate surface area is 240 Å². The summed E-state index contributed by atoms with van der Waals surface area (Å²) in [4.78, 5) is 18.1. The van der Waals surface area contributed by atoms with Gasteiger partial charge in [0.1, 0.15) is 11.5 Å². The van der Waals surface area contributed by atoms with Gasteiger partial charge in [-0.2, -0.15) is 32.1 Å². The molecule has 1 fully saturated rings. The Hall–Kier alpha value is -4.27. The number of sulfone groups is 1. The molecule has 15 heteroatoms. The molecule has 1 saturated carbocycles. The number of nitrogens with zero attached hydrogens (tertiary/aromatic N) is 5. The number of allylic oxidation sites excluding steroid dienone is 1. The quantitative estimate of drug-likeness (QED) is 0.198. The van der Waals surface area contributed by atoms with Gasteiger partial charge in [0.05, 0.1) is 33.8 Å². The van der Waals surface area contributed by atoms with E-state index in [2.05, 4.69) is 15.2 Å². The van der Waals surface area contributed by atoms with Crippen molar-refractivity contribution < 1.29 is 39.6 Å². The molecule has 0 spiro atoms. The lowest BCUT2D eigenvalue weighted by Crippen LogP contribution is -2.46. The highest BCUT2D eigenvalue weighted by atomic mass is 32.2. The molecule has 6 rings (SSSR count). The third-order valence-electron chi connectivity index (χ3n) is 7.96. The average molecular weight is 622 g/mol. The zero-order valence-corrected chi connectivity index (χ0v) is 22.8. The van der Waals surface area contributed by atoms with Crippen molar-refractivity contribution in [3.05, 3.63) is 95.0 Å². The largest absolute Gasteiger partial charge is 0.416 e. The monoisotopic (exact) mass is 621 g/mol. The molecule has 4 aromatic rings. The molecule has 43 heavy (non-hydrogen) atoms. The van der Waals surface area contributed by atoms with Gasteiger partial charge in [-0.05, 0) is 79.8 Å². The van der Waals surface area contributed by atoms with Crippen molar-refractivity contribution in [2.24, 2.45) is 5.41 Å². The number of fused-ring (bicyclic) bond motifs is 2. The third-order valence-corrected chi connectivity index (χ3v) is 10.0. The molecule has 0 unspecified atom stereocenters. The molecule has 0 bridgehead atoms. The summed E-state index contributed by atoms with van der Waals surface area (Å²) in [5.74, 6) is -1.26. The van der Waals surface area contributed by atoms with E-state index in [1.54, 1.807) is 6.08 Å². The van der Waals surface area contributed by atoms with E-state index in [-0.39, 0.29) is 30.4 Å². The van der Waals surface area contributed by atoms with Crippen molar-refractivity contribution >= 4 is 21.7 Å². The summed E-state index contributed by atoms with van der Waals surface area (Å²) in [7, 11) is -4.33. The maximum atomic E-state index is 14.2. The van der Waals surface area contributed by atoms with Crippen LogP contribution < -0.4 is 0 Å². The molecule has 0 saturated heterocycles. The number of hydrogen-bond donors (Lipinski definition) is 0. The Morgan fingerprint density at radius 2 is 1.84 bits per heavy atom. The lowest BCUT2D eigenvalue weighted by atomic mass is 9.61. The van der Waals surface area contributed by atoms with Gasteiger partial charge in [0.15, 0.2) is 20.6 Å². The minimum atomic E-state index is -4.76. The molecule has 0 N–H and O–H groups in total. The van der Waals surface area contributed by atoms with Crippen LogP contribution in [0.5, 0.6) is 0 Å². The van der Waals surface area contributed by atoms with E-state index in [0.29, 0.717) is 28.6 Å². The van der Waals surface area contributed by atoms with Gasteiger partial charge < -0.3 is 0 Å². The molecule has 3 heterocycles. The Bertz CT molecular complexity index is 1860. The van der Waals surface area contributed by atoms with Crippen LogP contribution in [0.3, 0.4) is 0 Å². The van der Waals surface area contributed by atoms with Crippen molar-refractivity contribution in [2.45, 2.75) is 48.7 Å². The maximum Gasteiger partial charge on any atom is 0.416 e. The minimum Gasteiger partial charge on any atom is -0.291 e. The van der Waals surface area contributed by atoms with Crippen LogP contribution in [-0.4, -0.2) is 44.0 Å². The number of alkyl halides is 5. The second kappa shape index (κ2) is 10.2. The number of benzene rings is 1. The standard InChI is InChI=1S/C28H21F6N5O3S/c29-19-2-4-20(5-3-19)39-23-12-17-1-6-21(43(41,42)24-8-10-38(37-24)26(30)31)14-27(17,13-16(23)15-36-39)25(40)22-11-18(7-9-35-22)28(32,33)34/h2-5,7-12,15,21,26H,1,6,13-14H2/t21-,27-/m0/s1. The number of rotatable bonds is 6. The Morgan fingerprint density at radius 3 is 2.51 bits per heavy atom. The van der Waals surface area contributed by atoms with E-state index in [9.17, 15) is 39.6 Å². The molecule has 2 aliphatic rings. The fourth-order valence-electron chi connectivity index (χ4n) is 5.85. The fourth-order valence-corrected chi connectivity index (χ4v) is 7.58. The van der Waals surface area contributed by atoms with Crippen LogP contribution in [0.25, 0.3) is 11.8 Å². The van der Waals surface area contributed by atoms with Crippen molar-refractivity contribution in [1.82, 2.24) is 24.5 Å². The Morgan fingerprint density at radius 1 is 1.09 bits per heavy atom.